The topological polar surface area (TPSA) is 122 Å². The number of amides is 1. The quantitative estimate of drug-likeness (QED) is 0.562. The van der Waals surface area contributed by atoms with Crippen molar-refractivity contribution >= 4 is 22.6 Å². The Labute approximate surface area is 135 Å². The number of carbonyl (C=O) groups is 1. The Kier molecular flexibility index (Phi) is 4.02. The number of nitrogens with one attached hydrogen (secondary N) is 2. The van der Waals surface area contributed by atoms with Crippen LogP contribution in [0.25, 0.3) is 11.0 Å². The number of nitro groups is 1. The predicted molar refractivity (Wildman–Crippen MR) is 84.1 cm³/mol. The van der Waals surface area contributed by atoms with Crippen LogP contribution in [0.1, 0.15) is 15.9 Å². The molecule has 0 unspecified atom stereocenters. The van der Waals surface area contributed by atoms with Crippen molar-refractivity contribution in [2.75, 3.05) is 0 Å². The Morgan fingerprint density at radius 3 is 2.71 bits per heavy atom. The molecule has 24 heavy (non-hydrogen) atoms. The first-order valence-electron chi connectivity index (χ1n) is 6.98. The summed E-state index contributed by atoms with van der Waals surface area (Å²) < 4.78 is 5.27. The number of nitrogens with zero attached hydrogens (tertiary/aromatic N) is 2. The third-order valence-corrected chi connectivity index (χ3v) is 3.41. The van der Waals surface area contributed by atoms with Gasteiger partial charge in [0, 0.05) is 36.5 Å². The van der Waals surface area contributed by atoms with Crippen LogP contribution in [0.3, 0.4) is 0 Å². The zero-order valence-electron chi connectivity index (χ0n) is 12.4. The molecule has 1 amide bonds. The number of carbonyl (C=O) groups excluding carboxylic acids is 1. The molecule has 0 spiro atoms. The van der Waals surface area contributed by atoms with Gasteiger partial charge in [-0.2, -0.15) is 0 Å². The van der Waals surface area contributed by atoms with E-state index in [1.807, 2.05) is 0 Å². The summed E-state index contributed by atoms with van der Waals surface area (Å²) in [5, 5.41) is 21.7. The third-order valence-electron chi connectivity index (χ3n) is 3.41. The first-order valence-corrected chi connectivity index (χ1v) is 6.98. The lowest BCUT2D eigenvalue weighted by Gasteiger charge is -2.06. The van der Waals surface area contributed by atoms with Gasteiger partial charge in [-0.3, -0.25) is 25.3 Å². The molecule has 0 aliphatic rings. The molecular formula is C16H12N4O4. The van der Waals surface area contributed by atoms with E-state index in [-0.39, 0.29) is 23.3 Å². The molecule has 0 saturated carbocycles. The van der Waals surface area contributed by atoms with Crippen LogP contribution in [0.2, 0.25) is 0 Å². The predicted octanol–water partition coefficient (Wildman–Crippen LogP) is 2.15. The molecule has 1 aromatic carbocycles. The van der Waals surface area contributed by atoms with Crippen molar-refractivity contribution in [1.29, 1.82) is 5.41 Å². The number of nitro benzene ring substituents is 1. The van der Waals surface area contributed by atoms with E-state index >= 15 is 0 Å². The molecule has 8 nitrogen and oxygen atoms in total. The molecule has 120 valence electrons. The number of non-ortho nitro benzene ring substituents is 1. The molecule has 0 aliphatic heterocycles. The van der Waals surface area contributed by atoms with E-state index in [1.165, 1.54) is 24.3 Å². The van der Waals surface area contributed by atoms with Gasteiger partial charge in [0.15, 0.2) is 0 Å². The van der Waals surface area contributed by atoms with Crippen molar-refractivity contribution in [2.24, 2.45) is 0 Å². The molecule has 0 bridgehead atoms. The van der Waals surface area contributed by atoms with Gasteiger partial charge < -0.3 is 9.73 Å². The highest BCUT2D eigenvalue weighted by molar-refractivity contribution is 5.96. The van der Waals surface area contributed by atoms with Gasteiger partial charge in [-0.05, 0) is 29.8 Å². The monoisotopic (exact) mass is 324 g/mol. The van der Waals surface area contributed by atoms with E-state index in [9.17, 15) is 14.9 Å². The van der Waals surface area contributed by atoms with Gasteiger partial charge in [0.25, 0.3) is 11.6 Å². The second-order valence-electron chi connectivity index (χ2n) is 5.01. The molecule has 2 heterocycles. The minimum atomic E-state index is -0.531. The van der Waals surface area contributed by atoms with Crippen LogP contribution >= 0.6 is 0 Å². The summed E-state index contributed by atoms with van der Waals surface area (Å²) in [4.78, 5) is 26.5. The van der Waals surface area contributed by atoms with Gasteiger partial charge in [-0.15, -0.1) is 0 Å². The number of fused-ring (bicyclic) bond motifs is 1. The summed E-state index contributed by atoms with van der Waals surface area (Å²) in [6.45, 7) is 0.272. The zero-order valence-corrected chi connectivity index (χ0v) is 12.4. The summed E-state index contributed by atoms with van der Waals surface area (Å²) in [5.74, 6) is -0.492. The molecule has 3 rings (SSSR count). The maximum Gasteiger partial charge on any atom is 0.270 e. The maximum atomic E-state index is 12.3. The van der Waals surface area contributed by atoms with E-state index in [2.05, 4.69) is 10.3 Å². The molecule has 0 saturated heterocycles. The van der Waals surface area contributed by atoms with Crippen LogP contribution in [0.15, 0.2) is 53.2 Å². The molecule has 2 aromatic heterocycles. The summed E-state index contributed by atoms with van der Waals surface area (Å²) in [6.07, 6.45) is 3.23. The average Bonchev–Trinajstić information content (AvgIpc) is 2.59. The van der Waals surface area contributed by atoms with Crippen LogP contribution < -0.4 is 10.9 Å². The minimum Gasteiger partial charge on any atom is -0.438 e. The van der Waals surface area contributed by atoms with Crippen molar-refractivity contribution in [3.8, 4) is 0 Å². The van der Waals surface area contributed by atoms with Gasteiger partial charge in [0.05, 0.1) is 4.92 Å². The van der Waals surface area contributed by atoms with Crippen molar-refractivity contribution in [3.05, 3.63) is 75.6 Å². The largest absolute Gasteiger partial charge is 0.438 e. The standard InChI is InChI=1S/C16H12N4O4/c17-15-13(16(21)19-9-10-3-5-18-6-4-10)8-11-7-12(20(22)23)1-2-14(11)24-15/h1-8,17H,9H2,(H,19,21). The Hall–Kier alpha value is -3.55. The summed E-state index contributed by atoms with van der Waals surface area (Å²) in [7, 11) is 0. The molecule has 3 aromatic rings. The highest BCUT2D eigenvalue weighted by atomic mass is 16.6. The number of benzene rings is 1. The van der Waals surface area contributed by atoms with E-state index < -0.39 is 10.8 Å². The Bertz CT molecular complexity index is 982. The van der Waals surface area contributed by atoms with Gasteiger partial charge in [0.2, 0.25) is 5.55 Å². The summed E-state index contributed by atoms with van der Waals surface area (Å²) >= 11 is 0. The smallest absolute Gasteiger partial charge is 0.270 e. The molecule has 0 fully saturated rings. The van der Waals surface area contributed by atoms with Crippen molar-refractivity contribution in [3.63, 3.8) is 0 Å². The Morgan fingerprint density at radius 2 is 2.00 bits per heavy atom. The van der Waals surface area contributed by atoms with Gasteiger partial charge in [-0.1, -0.05) is 0 Å². The number of hydrogen-bond acceptors (Lipinski definition) is 6. The van der Waals surface area contributed by atoms with E-state index in [1.54, 1.807) is 24.5 Å². The average molecular weight is 324 g/mol. The fourth-order valence-electron chi connectivity index (χ4n) is 2.19. The van der Waals surface area contributed by atoms with Gasteiger partial charge >= 0.3 is 0 Å². The van der Waals surface area contributed by atoms with E-state index in [4.69, 9.17) is 9.83 Å². The Morgan fingerprint density at radius 1 is 1.25 bits per heavy atom. The van der Waals surface area contributed by atoms with Crippen molar-refractivity contribution < 1.29 is 14.1 Å². The molecule has 0 radical (unpaired) electrons. The minimum absolute atomic E-state index is 0.0112. The molecule has 8 heteroatoms. The second kappa shape index (κ2) is 6.29. The SMILES string of the molecule is N=c1oc2ccc([N+](=O)[O-])cc2cc1C(=O)NCc1ccncc1. The first kappa shape index (κ1) is 15.3. The Balaban J connectivity index is 1.90. The van der Waals surface area contributed by atoms with Crippen LogP contribution in [0, 0.1) is 15.5 Å². The van der Waals surface area contributed by atoms with Crippen LogP contribution in [0.5, 0.6) is 0 Å². The highest BCUT2D eigenvalue weighted by Crippen LogP contribution is 2.20. The lowest BCUT2D eigenvalue weighted by Crippen LogP contribution is -2.27. The lowest BCUT2D eigenvalue weighted by molar-refractivity contribution is -0.384. The highest BCUT2D eigenvalue weighted by Gasteiger charge is 2.14. The van der Waals surface area contributed by atoms with E-state index in [0.717, 1.165) is 5.56 Å². The van der Waals surface area contributed by atoms with E-state index in [0.29, 0.717) is 11.0 Å². The molecule has 0 aliphatic carbocycles. The van der Waals surface area contributed by atoms with Crippen molar-refractivity contribution in [2.45, 2.75) is 6.54 Å². The number of pyridine rings is 1. The molecule has 2 N–H and O–H groups in total. The normalized spacial score (nSPS) is 10.5. The first-order chi connectivity index (χ1) is 11.5. The molecular weight excluding hydrogens is 312 g/mol. The lowest BCUT2D eigenvalue weighted by atomic mass is 10.1. The van der Waals surface area contributed by atoms with Gasteiger partial charge in [0.1, 0.15) is 11.1 Å². The third kappa shape index (κ3) is 3.12. The molecule has 0 atom stereocenters. The fraction of sp³-hybridized carbons (Fsp3) is 0.0625. The number of aromatic nitrogens is 1. The second-order valence-corrected chi connectivity index (χ2v) is 5.01. The maximum absolute atomic E-state index is 12.3. The number of hydrogen-bond donors (Lipinski definition) is 2. The summed E-state index contributed by atoms with van der Waals surface area (Å²) in [5.41, 5.74) is 0.758. The van der Waals surface area contributed by atoms with Crippen LogP contribution in [-0.2, 0) is 6.54 Å². The van der Waals surface area contributed by atoms with Crippen LogP contribution in [-0.4, -0.2) is 15.8 Å². The zero-order chi connectivity index (χ0) is 17.1. The fourth-order valence-corrected chi connectivity index (χ4v) is 2.19. The van der Waals surface area contributed by atoms with Gasteiger partial charge in [-0.25, -0.2) is 0 Å². The van der Waals surface area contributed by atoms with Crippen molar-refractivity contribution in [1.82, 2.24) is 10.3 Å². The number of rotatable bonds is 4. The summed E-state index contributed by atoms with van der Waals surface area (Å²) in [6, 6.07) is 8.93. The van der Waals surface area contributed by atoms with Crippen LogP contribution in [0.4, 0.5) is 5.69 Å².